The predicted octanol–water partition coefficient (Wildman–Crippen LogP) is -1.04. The first-order valence-corrected chi connectivity index (χ1v) is 4.40. The summed E-state index contributed by atoms with van der Waals surface area (Å²) in [5.41, 5.74) is 1.18. The van der Waals surface area contributed by atoms with E-state index in [-0.39, 0.29) is 13.0 Å². The van der Waals surface area contributed by atoms with Crippen molar-refractivity contribution >= 4 is 11.2 Å². The summed E-state index contributed by atoms with van der Waals surface area (Å²) in [5, 5.41) is 17.2. The van der Waals surface area contributed by atoms with Crippen molar-refractivity contribution in [2.24, 2.45) is 0 Å². The van der Waals surface area contributed by atoms with Gasteiger partial charge in [0.25, 0.3) is 0 Å². The highest BCUT2D eigenvalue weighted by Gasteiger charge is 2.04. The molecule has 0 spiro atoms. The third kappa shape index (κ3) is 2.20. The third-order valence-electron chi connectivity index (χ3n) is 1.80. The van der Waals surface area contributed by atoms with E-state index in [4.69, 9.17) is 15.1 Å². The number of aromatic nitrogens is 4. The Morgan fingerprint density at radius 2 is 2.27 bits per heavy atom. The van der Waals surface area contributed by atoms with E-state index in [1.165, 1.54) is 17.4 Å². The first-order chi connectivity index (χ1) is 7.27. The second kappa shape index (κ2) is 4.20. The van der Waals surface area contributed by atoms with E-state index < -0.39 is 6.29 Å². The largest absolute Gasteiger partial charge is 0.412 e. The molecule has 0 radical (unpaired) electrons. The molecular formula is C8H10N4O3. The molecule has 0 aliphatic rings. The van der Waals surface area contributed by atoms with Gasteiger partial charge in [-0.3, -0.25) is 0 Å². The van der Waals surface area contributed by atoms with Gasteiger partial charge in [-0.05, 0) is 0 Å². The van der Waals surface area contributed by atoms with Crippen LogP contribution in [0.15, 0.2) is 18.9 Å². The smallest absolute Gasteiger partial charge is 0.184 e. The molecular weight excluding hydrogens is 200 g/mol. The summed E-state index contributed by atoms with van der Waals surface area (Å²) in [7, 11) is 0. The number of imidazole rings is 1. The Labute approximate surface area is 84.9 Å². The van der Waals surface area contributed by atoms with Crippen molar-refractivity contribution in [3.05, 3.63) is 18.9 Å². The lowest BCUT2D eigenvalue weighted by Gasteiger charge is -2.07. The van der Waals surface area contributed by atoms with Gasteiger partial charge in [0.15, 0.2) is 11.9 Å². The topological polar surface area (TPSA) is 93.3 Å². The second-order valence-electron chi connectivity index (χ2n) is 2.90. The number of hydrogen-bond donors (Lipinski definition) is 2. The predicted molar refractivity (Wildman–Crippen MR) is 49.6 cm³/mol. The summed E-state index contributed by atoms with van der Waals surface area (Å²) in [5.74, 6) is 0. The van der Waals surface area contributed by atoms with Gasteiger partial charge in [0.1, 0.15) is 24.8 Å². The van der Waals surface area contributed by atoms with Gasteiger partial charge in [-0.2, -0.15) is 4.73 Å². The summed E-state index contributed by atoms with van der Waals surface area (Å²) >= 11 is 0. The van der Waals surface area contributed by atoms with Crippen LogP contribution in [-0.4, -0.2) is 42.8 Å². The van der Waals surface area contributed by atoms with Crippen molar-refractivity contribution in [1.29, 1.82) is 0 Å². The zero-order valence-electron chi connectivity index (χ0n) is 7.82. The monoisotopic (exact) mass is 210 g/mol. The van der Waals surface area contributed by atoms with Crippen molar-refractivity contribution in [3.63, 3.8) is 0 Å². The van der Waals surface area contributed by atoms with Gasteiger partial charge in [-0.15, -0.1) is 0 Å². The normalized spacial score (nSPS) is 11.1. The van der Waals surface area contributed by atoms with Crippen LogP contribution in [0, 0.1) is 0 Å². The highest BCUT2D eigenvalue weighted by Crippen LogP contribution is 2.05. The van der Waals surface area contributed by atoms with Crippen molar-refractivity contribution in [2.45, 2.75) is 12.7 Å². The molecule has 0 bridgehead atoms. The molecule has 0 aliphatic heterocycles. The molecule has 2 aromatic rings. The molecule has 7 heteroatoms. The minimum Gasteiger partial charge on any atom is -0.412 e. The fourth-order valence-electron chi connectivity index (χ4n) is 1.10. The Morgan fingerprint density at radius 3 is 3.07 bits per heavy atom. The van der Waals surface area contributed by atoms with E-state index in [0.29, 0.717) is 11.2 Å². The molecule has 2 heterocycles. The van der Waals surface area contributed by atoms with Gasteiger partial charge >= 0.3 is 0 Å². The molecule has 0 fully saturated rings. The number of nitrogens with zero attached hydrogens (tertiary/aromatic N) is 4. The van der Waals surface area contributed by atoms with Gasteiger partial charge in [0, 0.05) is 6.42 Å². The van der Waals surface area contributed by atoms with Crippen LogP contribution in [0.5, 0.6) is 0 Å². The second-order valence-corrected chi connectivity index (χ2v) is 2.90. The zero-order valence-corrected chi connectivity index (χ0v) is 7.82. The average Bonchev–Trinajstić information content (AvgIpc) is 2.62. The van der Waals surface area contributed by atoms with Gasteiger partial charge in [0.05, 0.1) is 6.20 Å². The van der Waals surface area contributed by atoms with Crippen LogP contribution in [0.3, 0.4) is 0 Å². The summed E-state index contributed by atoms with van der Waals surface area (Å²) in [6, 6.07) is 0. The van der Waals surface area contributed by atoms with Gasteiger partial charge in [-0.25, -0.2) is 15.0 Å². The van der Waals surface area contributed by atoms with Crippen LogP contribution in [-0.2, 0) is 0 Å². The Morgan fingerprint density at radius 1 is 1.40 bits per heavy atom. The summed E-state index contributed by atoms with van der Waals surface area (Å²) in [4.78, 5) is 17.0. The number of aliphatic hydroxyl groups excluding tert-OH is 1. The molecule has 80 valence electrons. The quantitative estimate of drug-likeness (QED) is 0.626. The Balaban J connectivity index is 2.08. The molecule has 0 atom stereocenters. The van der Waals surface area contributed by atoms with Crippen molar-refractivity contribution in [3.8, 4) is 0 Å². The van der Waals surface area contributed by atoms with Gasteiger partial charge < -0.3 is 15.1 Å². The third-order valence-corrected chi connectivity index (χ3v) is 1.80. The molecule has 2 N–H and O–H groups in total. The molecule has 0 unspecified atom stereocenters. The maximum Gasteiger partial charge on any atom is 0.184 e. The average molecular weight is 210 g/mol. The standard InChI is InChI=1S/C8H10N4O3/c13-7(14)1-2-15-12-5-11-8-6(12)3-9-4-10-8/h3-5,7,13-14H,1-2H2. The molecule has 0 saturated heterocycles. The Hall–Kier alpha value is -1.73. The van der Waals surface area contributed by atoms with Crippen LogP contribution in [0.2, 0.25) is 0 Å². The van der Waals surface area contributed by atoms with E-state index in [1.54, 1.807) is 6.20 Å². The van der Waals surface area contributed by atoms with E-state index in [2.05, 4.69) is 15.0 Å². The summed E-state index contributed by atoms with van der Waals surface area (Å²) in [6.07, 6.45) is 3.20. The Bertz CT molecular complexity index is 442. The minimum absolute atomic E-state index is 0.132. The highest BCUT2D eigenvalue weighted by atomic mass is 16.7. The lowest BCUT2D eigenvalue weighted by molar-refractivity contribution is -0.0614. The number of aliphatic hydroxyl groups is 2. The number of hydrogen-bond acceptors (Lipinski definition) is 6. The highest BCUT2D eigenvalue weighted by molar-refractivity contribution is 5.68. The van der Waals surface area contributed by atoms with E-state index in [0.717, 1.165) is 0 Å². The molecule has 0 aliphatic carbocycles. The van der Waals surface area contributed by atoms with Crippen LogP contribution in [0.1, 0.15) is 6.42 Å². The zero-order chi connectivity index (χ0) is 10.7. The molecule has 2 rings (SSSR count). The lowest BCUT2D eigenvalue weighted by Crippen LogP contribution is -2.17. The molecule has 0 saturated carbocycles. The lowest BCUT2D eigenvalue weighted by atomic mass is 10.4. The van der Waals surface area contributed by atoms with Crippen molar-refractivity contribution in [2.75, 3.05) is 6.61 Å². The van der Waals surface area contributed by atoms with Gasteiger partial charge in [-0.1, -0.05) is 0 Å². The fraction of sp³-hybridized carbons (Fsp3) is 0.375. The molecule has 2 aromatic heterocycles. The Kier molecular flexibility index (Phi) is 2.75. The minimum atomic E-state index is -1.36. The fourth-order valence-corrected chi connectivity index (χ4v) is 1.10. The maximum absolute atomic E-state index is 8.62. The van der Waals surface area contributed by atoms with E-state index in [1.807, 2.05) is 0 Å². The first-order valence-electron chi connectivity index (χ1n) is 4.40. The maximum atomic E-state index is 8.62. The molecule has 0 amide bonds. The van der Waals surface area contributed by atoms with Crippen LogP contribution < -0.4 is 4.84 Å². The van der Waals surface area contributed by atoms with Crippen LogP contribution in [0.4, 0.5) is 0 Å². The molecule has 15 heavy (non-hydrogen) atoms. The SMILES string of the molecule is OC(O)CCOn1cnc2ncncc21. The summed E-state index contributed by atoms with van der Waals surface area (Å²) < 4.78 is 1.40. The van der Waals surface area contributed by atoms with Crippen molar-refractivity contribution < 1.29 is 15.1 Å². The van der Waals surface area contributed by atoms with Gasteiger partial charge in [0.2, 0.25) is 0 Å². The van der Waals surface area contributed by atoms with E-state index >= 15 is 0 Å². The molecule has 0 aromatic carbocycles. The van der Waals surface area contributed by atoms with Crippen LogP contribution in [0.25, 0.3) is 11.2 Å². The molecule has 7 nitrogen and oxygen atoms in total. The number of rotatable bonds is 4. The van der Waals surface area contributed by atoms with E-state index in [9.17, 15) is 0 Å². The summed E-state index contributed by atoms with van der Waals surface area (Å²) in [6.45, 7) is 0.179. The van der Waals surface area contributed by atoms with Crippen molar-refractivity contribution in [1.82, 2.24) is 19.7 Å². The van der Waals surface area contributed by atoms with Crippen LogP contribution >= 0.6 is 0 Å². The first kappa shape index (κ1) is 9.81. The number of fused-ring (bicyclic) bond motifs is 1.